The van der Waals surface area contributed by atoms with Crippen LogP contribution < -0.4 is 19.7 Å². The molecule has 1 aliphatic heterocycles. The molecule has 3 rings (SSSR count). The van der Waals surface area contributed by atoms with Crippen molar-refractivity contribution in [3.8, 4) is 11.5 Å². The zero-order chi connectivity index (χ0) is 17.1. The summed E-state index contributed by atoms with van der Waals surface area (Å²) >= 11 is 1.79. The summed E-state index contributed by atoms with van der Waals surface area (Å²) in [4.78, 5) is 15.7. The number of amides is 2. The van der Waals surface area contributed by atoms with Gasteiger partial charge >= 0.3 is 6.03 Å². The van der Waals surface area contributed by atoms with E-state index in [1.54, 1.807) is 49.1 Å². The minimum atomic E-state index is -0.168. The molecule has 24 heavy (non-hydrogen) atoms. The number of hydrogen-bond acceptors (Lipinski definition) is 4. The molecule has 2 aromatic carbocycles. The van der Waals surface area contributed by atoms with Gasteiger partial charge in [0.15, 0.2) is 0 Å². The first kappa shape index (κ1) is 16.5. The average molecular weight is 344 g/mol. The fourth-order valence-corrected chi connectivity index (χ4v) is 3.78. The van der Waals surface area contributed by atoms with E-state index in [-0.39, 0.29) is 6.03 Å². The van der Waals surface area contributed by atoms with Crippen LogP contribution in [-0.2, 0) is 0 Å². The Morgan fingerprint density at radius 1 is 1.21 bits per heavy atom. The van der Waals surface area contributed by atoms with Gasteiger partial charge in [-0.2, -0.15) is 0 Å². The van der Waals surface area contributed by atoms with Crippen LogP contribution in [-0.4, -0.2) is 32.0 Å². The molecule has 0 saturated heterocycles. The fraction of sp³-hybridized carbons (Fsp3) is 0.278. The number of urea groups is 1. The lowest BCUT2D eigenvalue weighted by Gasteiger charge is -2.32. The highest BCUT2D eigenvalue weighted by Crippen LogP contribution is 2.38. The second-order valence-electron chi connectivity index (χ2n) is 5.50. The Hall–Kier alpha value is -2.34. The molecule has 2 amide bonds. The molecular formula is C18H20N2O3S. The van der Waals surface area contributed by atoms with Crippen molar-refractivity contribution in [2.45, 2.75) is 17.1 Å². The van der Waals surface area contributed by atoms with Gasteiger partial charge < -0.3 is 14.8 Å². The third-order valence-corrected chi connectivity index (χ3v) is 4.97. The molecule has 1 N–H and O–H groups in total. The second-order valence-corrected chi connectivity index (χ2v) is 6.98. The van der Waals surface area contributed by atoms with E-state index in [1.807, 2.05) is 24.3 Å². The summed E-state index contributed by atoms with van der Waals surface area (Å²) in [6.07, 6.45) is 0. The number of carbonyl (C=O) groups excluding carboxylic acids is 1. The summed E-state index contributed by atoms with van der Waals surface area (Å²) in [6, 6.07) is 13.1. The largest absolute Gasteiger partial charge is 0.497 e. The third kappa shape index (κ3) is 3.28. The monoisotopic (exact) mass is 344 g/mol. The van der Waals surface area contributed by atoms with Gasteiger partial charge in [0.25, 0.3) is 0 Å². The molecule has 2 aromatic rings. The van der Waals surface area contributed by atoms with Gasteiger partial charge in [-0.1, -0.05) is 19.1 Å². The summed E-state index contributed by atoms with van der Waals surface area (Å²) in [7, 11) is 3.16. The Morgan fingerprint density at radius 2 is 2.00 bits per heavy atom. The maximum atomic E-state index is 12.8. The van der Waals surface area contributed by atoms with Gasteiger partial charge in [0.05, 0.1) is 25.6 Å². The third-order valence-electron chi connectivity index (χ3n) is 3.82. The molecule has 0 spiro atoms. The lowest BCUT2D eigenvalue weighted by Crippen LogP contribution is -2.41. The molecule has 0 saturated carbocycles. The average Bonchev–Trinajstić information content (AvgIpc) is 2.61. The molecule has 0 aliphatic carbocycles. The highest BCUT2D eigenvalue weighted by Gasteiger charge is 2.27. The molecule has 6 heteroatoms. The standard InChI is InChI=1S/C18H20N2O3S/c1-12-11-20(15-6-4-5-7-17(15)24-12)18(21)19-14-9-8-13(22-2)10-16(14)23-3/h4-10,12H,11H2,1-3H3,(H,19,21)/t12-/m0/s1. The first-order valence-corrected chi connectivity index (χ1v) is 8.56. The van der Waals surface area contributed by atoms with Crippen LogP contribution in [0.2, 0.25) is 0 Å². The van der Waals surface area contributed by atoms with Gasteiger partial charge in [-0.15, -0.1) is 11.8 Å². The Bertz CT molecular complexity index is 751. The number of methoxy groups -OCH3 is 2. The Morgan fingerprint density at radius 3 is 2.75 bits per heavy atom. The normalized spacial score (nSPS) is 16.3. The highest BCUT2D eigenvalue weighted by molar-refractivity contribution is 8.00. The molecule has 0 fully saturated rings. The molecule has 1 aliphatic rings. The van der Waals surface area contributed by atoms with Crippen molar-refractivity contribution in [3.63, 3.8) is 0 Å². The van der Waals surface area contributed by atoms with E-state index < -0.39 is 0 Å². The highest BCUT2D eigenvalue weighted by atomic mass is 32.2. The second kappa shape index (κ2) is 7.05. The van der Waals surface area contributed by atoms with Gasteiger partial charge in [0.1, 0.15) is 11.5 Å². The smallest absolute Gasteiger partial charge is 0.326 e. The lowest BCUT2D eigenvalue weighted by molar-refractivity contribution is 0.256. The maximum absolute atomic E-state index is 12.8. The number of ether oxygens (including phenoxy) is 2. The Labute approximate surface area is 145 Å². The van der Waals surface area contributed by atoms with Crippen LogP contribution >= 0.6 is 11.8 Å². The van der Waals surface area contributed by atoms with E-state index in [9.17, 15) is 4.79 Å². The SMILES string of the molecule is COc1ccc(NC(=O)N2C[C@H](C)Sc3ccccc32)c(OC)c1. The van der Waals surface area contributed by atoms with Gasteiger partial charge in [-0.05, 0) is 24.3 Å². The molecule has 1 heterocycles. The van der Waals surface area contributed by atoms with Crippen molar-refractivity contribution >= 4 is 29.2 Å². The number of para-hydroxylation sites is 1. The van der Waals surface area contributed by atoms with Crippen LogP contribution in [0.15, 0.2) is 47.4 Å². The van der Waals surface area contributed by atoms with Crippen LogP contribution in [0.3, 0.4) is 0 Å². The van der Waals surface area contributed by atoms with Crippen molar-refractivity contribution in [1.82, 2.24) is 0 Å². The van der Waals surface area contributed by atoms with E-state index in [0.717, 1.165) is 10.6 Å². The van der Waals surface area contributed by atoms with Gasteiger partial charge in [0, 0.05) is 22.8 Å². The number of nitrogens with one attached hydrogen (secondary N) is 1. The fourth-order valence-electron chi connectivity index (χ4n) is 2.67. The molecule has 0 bridgehead atoms. The summed E-state index contributed by atoms with van der Waals surface area (Å²) < 4.78 is 10.5. The Kier molecular flexibility index (Phi) is 4.85. The predicted molar refractivity (Wildman–Crippen MR) is 97.7 cm³/mol. The minimum absolute atomic E-state index is 0.168. The van der Waals surface area contributed by atoms with Crippen molar-refractivity contribution < 1.29 is 14.3 Å². The van der Waals surface area contributed by atoms with Crippen LogP contribution in [0.1, 0.15) is 6.92 Å². The number of rotatable bonds is 3. The quantitative estimate of drug-likeness (QED) is 0.905. The number of anilines is 2. The van der Waals surface area contributed by atoms with Crippen molar-refractivity contribution in [2.24, 2.45) is 0 Å². The molecule has 5 nitrogen and oxygen atoms in total. The van der Waals surface area contributed by atoms with Crippen LogP contribution in [0.25, 0.3) is 0 Å². The lowest BCUT2D eigenvalue weighted by atomic mass is 10.2. The topological polar surface area (TPSA) is 50.8 Å². The van der Waals surface area contributed by atoms with E-state index in [2.05, 4.69) is 12.2 Å². The van der Waals surface area contributed by atoms with Crippen LogP contribution in [0, 0.1) is 0 Å². The van der Waals surface area contributed by atoms with Gasteiger partial charge in [0.2, 0.25) is 0 Å². The number of fused-ring (bicyclic) bond motifs is 1. The predicted octanol–water partition coefficient (Wildman–Crippen LogP) is 4.24. The molecule has 0 unspecified atom stereocenters. The number of hydrogen-bond donors (Lipinski definition) is 1. The first-order chi connectivity index (χ1) is 11.6. The number of thioether (sulfide) groups is 1. The molecule has 1 atom stereocenters. The van der Waals surface area contributed by atoms with Crippen LogP contribution in [0.5, 0.6) is 11.5 Å². The van der Waals surface area contributed by atoms with Crippen LogP contribution in [0.4, 0.5) is 16.2 Å². The summed E-state index contributed by atoms with van der Waals surface area (Å²) in [5, 5.41) is 3.28. The van der Waals surface area contributed by atoms with E-state index in [4.69, 9.17) is 9.47 Å². The van der Waals surface area contributed by atoms with Gasteiger partial charge in [-0.25, -0.2) is 4.79 Å². The number of benzene rings is 2. The van der Waals surface area contributed by atoms with E-state index in [0.29, 0.717) is 29.0 Å². The zero-order valence-electron chi connectivity index (χ0n) is 13.9. The minimum Gasteiger partial charge on any atom is -0.497 e. The van der Waals surface area contributed by atoms with E-state index in [1.165, 1.54) is 0 Å². The van der Waals surface area contributed by atoms with Crippen molar-refractivity contribution in [1.29, 1.82) is 0 Å². The van der Waals surface area contributed by atoms with E-state index >= 15 is 0 Å². The van der Waals surface area contributed by atoms with Gasteiger partial charge in [-0.3, -0.25) is 4.90 Å². The number of nitrogens with zero attached hydrogens (tertiary/aromatic N) is 1. The summed E-state index contributed by atoms with van der Waals surface area (Å²) in [6.45, 7) is 2.78. The Balaban J connectivity index is 1.86. The molecule has 126 valence electrons. The molecule has 0 radical (unpaired) electrons. The number of carbonyl (C=O) groups is 1. The zero-order valence-corrected chi connectivity index (χ0v) is 14.7. The maximum Gasteiger partial charge on any atom is 0.326 e. The molecule has 0 aromatic heterocycles. The van der Waals surface area contributed by atoms with Crippen molar-refractivity contribution in [3.05, 3.63) is 42.5 Å². The van der Waals surface area contributed by atoms with Crippen molar-refractivity contribution in [2.75, 3.05) is 31.0 Å². The summed E-state index contributed by atoms with van der Waals surface area (Å²) in [5.74, 6) is 1.24. The first-order valence-electron chi connectivity index (χ1n) is 7.68. The molecular weight excluding hydrogens is 324 g/mol. The summed E-state index contributed by atoms with van der Waals surface area (Å²) in [5.41, 5.74) is 1.55.